The highest BCUT2D eigenvalue weighted by Crippen LogP contribution is 1.82. The molecule has 0 atom stereocenters. The molecule has 0 aliphatic rings. The molecule has 13 heavy (non-hydrogen) atoms. The van der Waals surface area contributed by atoms with Crippen LogP contribution in [0.2, 0.25) is 0 Å². The van der Waals surface area contributed by atoms with Crippen LogP contribution in [0.4, 0.5) is 4.79 Å². The molecule has 0 aliphatic carbocycles. The molecule has 0 spiro atoms. The minimum absolute atomic E-state index is 0.334. The lowest BCUT2D eigenvalue weighted by Gasteiger charge is -2.05. The van der Waals surface area contributed by atoms with Crippen LogP contribution < -0.4 is 10.6 Å². The molecule has 0 unspecified atom stereocenters. The maximum absolute atomic E-state index is 10.8. The molecule has 0 saturated carbocycles. The van der Waals surface area contributed by atoms with Gasteiger partial charge in [0.05, 0.1) is 0 Å². The van der Waals surface area contributed by atoms with Crippen molar-refractivity contribution in [2.75, 3.05) is 26.2 Å². The molecule has 4 heteroatoms. The van der Waals surface area contributed by atoms with Crippen LogP contribution >= 0.6 is 0 Å². The molecular formula is C9H20N2O2. The number of unbranched alkanes of at least 4 members (excludes halogenated alkanes) is 1. The first kappa shape index (κ1) is 12.2. The van der Waals surface area contributed by atoms with Gasteiger partial charge in [0.25, 0.3) is 0 Å². The van der Waals surface area contributed by atoms with E-state index in [1.807, 2.05) is 6.92 Å². The van der Waals surface area contributed by atoms with Gasteiger partial charge in [-0.1, -0.05) is 13.3 Å². The van der Waals surface area contributed by atoms with Crippen molar-refractivity contribution in [1.29, 1.82) is 0 Å². The summed E-state index contributed by atoms with van der Waals surface area (Å²) in [4.78, 5) is 10.8. The Hall–Kier alpha value is -0.770. The number of carbonyl (C=O) groups excluding carboxylic acids is 1. The first-order valence-corrected chi connectivity index (χ1v) is 4.92. The molecule has 0 saturated heterocycles. The van der Waals surface area contributed by atoms with Gasteiger partial charge < -0.3 is 15.4 Å². The van der Waals surface area contributed by atoms with Crippen LogP contribution in [0.5, 0.6) is 0 Å². The number of nitrogens with one attached hydrogen (secondary N) is 2. The third-order valence-corrected chi connectivity index (χ3v) is 1.54. The summed E-state index contributed by atoms with van der Waals surface area (Å²) in [6.45, 7) is 6.79. The number of rotatable bonds is 7. The number of amides is 1. The van der Waals surface area contributed by atoms with Crippen molar-refractivity contribution in [3.05, 3.63) is 0 Å². The summed E-state index contributed by atoms with van der Waals surface area (Å²) >= 11 is 0. The topological polar surface area (TPSA) is 50.4 Å². The van der Waals surface area contributed by atoms with Gasteiger partial charge in [0.15, 0.2) is 0 Å². The van der Waals surface area contributed by atoms with Gasteiger partial charge in [-0.15, -0.1) is 0 Å². The molecule has 1 amide bonds. The molecule has 0 aromatic heterocycles. The van der Waals surface area contributed by atoms with E-state index in [9.17, 15) is 4.79 Å². The highest BCUT2D eigenvalue weighted by molar-refractivity contribution is 5.66. The summed E-state index contributed by atoms with van der Waals surface area (Å²) in [5.74, 6) is 0. The standard InChI is InChI=1S/C9H20N2O2/c1-3-5-6-10-7-8-13-9(12)11-4-2/h10H,3-8H2,1-2H3,(H,11,12). The van der Waals surface area contributed by atoms with Crippen molar-refractivity contribution in [3.8, 4) is 0 Å². The second kappa shape index (κ2) is 9.32. The monoisotopic (exact) mass is 188 g/mol. The molecule has 0 radical (unpaired) electrons. The largest absolute Gasteiger partial charge is 0.448 e. The average molecular weight is 188 g/mol. The Balaban J connectivity index is 3.02. The quantitative estimate of drug-likeness (QED) is 0.589. The number of hydrogen-bond acceptors (Lipinski definition) is 3. The van der Waals surface area contributed by atoms with Crippen LogP contribution in [0.15, 0.2) is 0 Å². The first-order valence-electron chi connectivity index (χ1n) is 4.92. The van der Waals surface area contributed by atoms with E-state index in [4.69, 9.17) is 4.74 Å². The molecule has 0 aliphatic heterocycles. The van der Waals surface area contributed by atoms with E-state index in [-0.39, 0.29) is 6.09 Å². The lowest BCUT2D eigenvalue weighted by molar-refractivity contribution is 0.147. The second-order valence-corrected chi connectivity index (χ2v) is 2.77. The molecule has 0 rings (SSSR count). The average Bonchev–Trinajstić information content (AvgIpc) is 2.11. The minimum Gasteiger partial charge on any atom is -0.448 e. The van der Waals surface area contributed by atoms with Gasteiger partial charge in [-0.05, 0) is 19.9 Å². The zero-order chi connectivity index (χ0) is 9.94. The molecule has 0 bridgehead atoms. The Morgan fingerprint density at radius 1 is 1.31 bits per heavy atom. The van der Waals surface area contributed by atoms with Crippen LogP contribution in [0.3, 0.4) is 0 Å². The lowest BCUT2D eigenvalue weighted by Crippen LogP contribution is -2.28. The van der Waals surface area contributed by atoms with E-state index in [1.165, 1.54) is 12.8 Å². The SMILES string of the molecule is CCCCNCCOC(=O)NCC. The first-order chi connectivity index (χ1) is 6.31. The fourth-order valence-electron chi connectivity index (χ4n) is 0.838. The van der Waals surface area contributed by atoms with Crippen LogP contribution in [0, 0.1) is 0 Å². The van der Waals surface area contributed by atoms with Gasteiger partial charge in [0.1, 0.15) is 6.61 Å². The molecule has 2 N–H and O–H groups in total. The van der Waals surface area contributed by atoms with E-state index in [0.717, 1.165) is 13.1 Å². The zero-order valence-corrected chi connectivity index (χ0v) is 8.56. The summed E-state index contributed by atoms with van der Waals surface area (Å²) in [7, 11) is 0. The predicted molar refractivity (Wildman–Crippen MR) is 52.8 cm³/mol. The van der Waals surface area contributed by atoms with Crippen LogP contribution in [0.1, 0.15) is 26.7 Å². The summed E-state index contributed by atoms with van der Waals surface area (Å²) in [6.07, 6.45) is 2.02. The molecule has 0 fully saturated rings. The normalized spacial score (nSPS) is 9.69. The van der Waals surface area contributed by atoms with Gasteiger partial charge in [0, 0.05) is 13.1 Å². The Bertz CT molecular complexity index is 129. The summed E-state index contributed by atoms with van der Waals surface area (Å²) in [5.41, 5.74) is 0. The molecule has 0 aromatic rings. The fourth-order valence-corrected chi connectivity index (χ4v) is 0.838. The van der Waals surface area contributed by atoms with Crippen LogP contribution in [-0.4, -0.2) is 32.3 Å². The number of carbonyl (C=O) groups is 1. The molecule has 78 valence electrons. The Morgan fingerprint density at radius 3 is 2.69 bits per heavy atom. The number of ether oxygens (including phenoxy) is 1. The van der Waals surface area contributed by atoms with Gasteiger partial charge in [-0.2, -0.15) is 0 Å². The highest BCUT2D eigenvalue weighted by atomic mass is 16.5. The smallest absolute Gasteiger partial charge is 0.407 e. The molecular weight excluding hydrogens is 168 g/mol. The van der Waals surface area contributed by atoms with Crippen molar-refractivity contribution < 1.29 is 9.53 Å². The van der Waals surface area contributed by atoms with Crippen molar-refractivity contribution in [2.45, 2.75) is 26.7 Å². The van der Waals surface area contributed by atoms with Crippen molar-refractivity contribution in [1.82, 2.24) is 10.6 Å². The lowest BCUT2D eigenvalue weighted by atomic mass is 10.3. The van der Waals surface area contributed by atoms with Crippen molar-refractivity contribution in [3.63, 3.8) is 0 Å². The summed E-state index contributed by atoms with van der Waals surface area (Å²) in [6, 6.07) is 0. The van der Waals surface area contributed by atoms with Crippen molar-refractivity contribution in [2.24, 2.45) is 0 Å². The number of hydrogen-bond donors (Lipinski definition) is 2. The van der Waals surface area contributed by atoms with Crippen molar-refractivity contribution >= 4 is 6.09 Å². The fraction of sp³-hybridized carbons (Fsp3) is 0.889. The Labute approximate surface area is 80.0 Å². The van der Waals surface area contributed by atoms with Gasteiger partial charge in [-0.3, -0.25) is 0 Å². The van der Waals surface area contributed by atoms with E-state index in [0.29, 0.717) is 13.2 Å². The highest BCUT2D eigenvalue weighted by Gasteiger charge is 1.96. The third kappa shape index (κ3) is 9.14. The maximum atomic E-state index is 10.8. The molecule has 0 heterocycles. The maximum Gasteiger partial charge on any atom is 0.407 e. The number of alkyl carbamates (subject to hydrolysis) is 1. The Morgan fingerprint density at radius 2 is 2.08 bits per heavy atom. The predicted octanol–water partition coefficient (Wildman–Crippen LogP) is 1.12. The van der Waals surface area contributed by atoms with E-state index in [1.54, 1.807) is 0 Å². The third-order valence-electron chi connectivity index (χ3n) is 1.54. The van der Waals surface area contributed by atoms with E-state index >= 15 is 0 Å². The van der Waals surface area contributed by atoms with E-state index in [2.05, 4.69) is 17.6 Å². The molecule has 4 nitrogen and oxygen atoms in total. The van der Waals surface area contributed by atoms with Gasteiger partial charge in [-0.25, -0.2) is 4.79 Å². The summed E-state index contributed by atoms with van der Waals surface area (Å²) in [5, 5.41) is 5.74. The van der Waals surface area contributed by atoms with E-state index < -0.39 is 0 Å². The van der Waals surface area contributed by atoms with Crippen LogP contribution in [0.25, 0.3) is 0 Å². The molecule has 0 aromatic carbocycles. The minimum atomic E-state index is -0.334. The van der Waals surface area contributed by atoms with Crippen LogP contribution in [-0.2, 0) is 4.74 Å². The zero-order valence-electron chi connectivity index (χ0n) is 8.56. The van der Waals surface area contributed by atoms with Gasteiger partial charge in [0.2, 0.25) is 0 Å². The second-order valence-electron chi connectivity index (χ2n) is 2.77. The Kier molecular flexibility index (Phi) is 8.77. The summed E-state index contributed by atoms with van der Waals surface area (Å²) < 4.78 is 4.85. The van der Waals surface area contributed by atoms with Gasteiger partial charge >= 0.3 is 6.09 Å².